The molecule has 3 heterocycles. The minimum absolute atomic E-state index is 0.134. The molecule has 31 heavy (non-hydrogen) atoms. The van der Waals surface area contributed by atoms with Crippen LogP contribution in [0.4, 0.5) is 0 Å². The fraction of sp³-hybridized carbons (Fsp3) is 0.250. The summed E-state index contributed by atoms with van der Waals surface area (Å²) in [4.78, 5) is 44.5. The zero-order chi connectivity index (χ0) is 21.4. The fourth-order valence-corrected chi connectivity index (χ4v) is 4.93. The van der Waals surface area contributed by atoms with E-state index in [1.54, 1.807) is 12.1 Å². The summed E-state index contributed by atoms with van der Waals surface area (Å²) in [6.07, 6.45) is 5.87. The molecule has 0 spiro atoms. The van der Waals surface area contributed by atoms with Crippen molar-refractivity contribution in [2.24, 2.45) is 0 Å². The Morgan fingerprint density at radius 1 is 1.00 bits per heavy atom. The van der Waals surface area contributed by atoms with Gasteiger partial charge in [0.05, 0.1) is 18.6 Å². The van der Waals surface area contributed by atoms with Crippen molar-refractivity contribution in [2.45, 2.75) is 38.8 Å². The number of fused-ring (bicyclic) bond motifs is 2. The van der Waals surface area contributed by atoms with E-state index in [9.17, 15) is 14.4 Å². The summed E-state index contributed by atoms with van der Waals surface area (Å²) < 4.78 is 2.54. The maximum Gasteiger partial charge on any atom is 0.332 e. The molecule has 0 aliphatic heterocycles. The van der Waals surface area contributed by atoms with E-state index in [0.717, 1.165) is 24.1 Å². The highest BCUT2D eigenvalue weighted by molar-refractivity contribution is 7.09. The summed E-state index contributed by atoms with van der Waals surface area (Å²) >= 11 is 1.48. The fourth-order valence-electron chi connectivity index (χ4n) is 4.24. The Hall–Kier alpha value is -3.32. The van der Waals surface area contributed by atoms with E-state index in [0.29, 0.717) is 11.1 Å². The third kappa shape index (κ3) is 3.65. The molecule has 3 aromatic heterocycles. The predicted octanol–water partition coefficient (Wildman–Crippen LogP) is 3.43. The van der Waals surface area contributed by atoms with E-state index >= 15 is 0 Å². The molecule has 0 atom stereocenters. The standard InChI is InChI=1S/C24H21N3O3S/c28-21(18-10-9-16-5-1-2-6-17(16)13-18)15-26-20-8-3-11-25-22(20)23(29)27(24(26)30)14-19-7-4-12-31-19/h3-4,7-13H,1-2,5-6,14-15H2. The molecular weight excluding hydrogens is 410 g/mol. The van der Waals surface area contributed by atoms with Crippen LogP contribution in [0.25, 0.3) is 11.0 Å². The number of ketones is 1. The van der Waals surface area contributed by atoms with E-state index in [1.165, 1.54) is 44.2 Å². The molecule has 6 nitrogen and oxygen atoms in total. The van der Waals surface area contributed by atoms with Crippen LogP contribution in [0.1, 0.15) is 39.2 Å². The second-order valence-electron chi connectivity index (χ2n) is 7.82. The maximum atomic E-state index is 13.3. The Morgan fingerprint density at radius 3 is 2.65 bits per heavy atom. The number of hydrogen-bond donors (Lipinski definition) is 0. The summed E-state index contributed by atoms with van der Waals surface area (Å²) in [6, 6.07) is 12.9. The summed E-state index contributed by atoms with van der Waals surface area (Å²) in [6.45, 7) is 0.0272. The van der Waals surface area contributed by atoms with Crippen LogP contribution in [0.2, 0.25) is 0 Å². The lowest BCUT2D eigenvalue weighted by Gasteiger charge is -2.17. The SMILES string of the molecule is O=C(Cn1c(=O)n(Cc2cccs2)c(=O)c2ncccc21)c1ccc2c(c1)CCCC2. The van der Waals surface area contributed by atoms with Crippen molar-refractivity contribution < 1.29 is 4.79 Å². The second kappa shape index (κ2) is 8.07. The Balaban J connectivity index is 1.58. The van der Waals surface area contributed by atoms with E-state index in [1.807, 2.05) is 35.7 Å². The second-order valence-corrected chi connectivity index (χ2v) is 8.86. The number of aromatic nitrogens is 3. The third-order valence-electron chi connectivity index (χ3n) is 5.85. The van der Waals surface area contributed by atoms with E-state index in [-0.39, 0.29) is 24.4 Å². The van der Waals surface area contributed by atoms with Crippen molar-refractivity contribution in [1.82, 2.24) is 14.1 Å². The average Bonchev–Trinajstić information content (AvgIpc) is 3.32. The van der Waals surface area contributed by atoms with Gasteiger partial charge in [-0.2, -0.15) is 0 Å². The Bertz CT molecular complexity index is 1400. The molecule has 0 saturated heterocycles. The van der Waals surface area contributed by atoms with Crippen molar-refractivity contribution in [3.05, 3.63) is 96.4 Å². The van der Waals surface area contributed by atoms with Crippen LogP contribution in [-0.4, -0.2) is 19.9 Å². The molecule has 0 radical (unpaired) electrons. The van der Waals surface area contributed by atoms with Gasteiger partial charge in [0.25, 0.3) is 5.56 Å². The van der Waals surface area contributed by atoms with Crippen LogP contribution in [0.15, 0.2) is 63.6 Å². The van der Waals surface area contributed by atoms with Gasteiger partial charge in [-0.3, -0.25) is 18.7 Å². The van der Waals surface area contributed by atoms with E-state index < -0.39 is 11.2 Å². The Kier molecular flexibility index (Phi) is 5.11. The van der Waals surface area contributed by atoms with Gasteiger partial charge in [-0.15, -0.1) is 11.3 Å². The molecule has 5 rings (SSSR count). The number of thiophene rings is 1. The average molecular weight is 432 g/mol. The number of carbonyl (C=O) groups excluding carboxylic acids is 1. The van der Waals surface area contributed by atoms with Gasteiger partial charge in [0.15, 0.2) is 11.3 Å². The Morgan fingerprint density at radius 2 is 1.84 bits per heavy atom. The van der Waals surface area contributed by atoms with Crippen molar-refractivity contribution in [1.29, 1.82) is 0 Å². The van der Waals surface area contributed by atoms with Gasteiger partial charge in [-0.25, -0.2) is 9.78 Å². The highest BCUT2D eigenvalue weighted by atomic mass is 32.1. The molecule has 0 unspecified atom stereocenters. The van der Waals surface area contributed by atoms with Gasteiger partial charge in [0.2, 0.25) is 0 Å². The highest BCUT2D eigenvalue weighted by Crippen LogP contribution is 2.22. The molecule has 0 amide bonds. The molecule has 7 heteroatoms. The van der Waals surface area contributed by atoms with Gasteiger partial charge >= 0.3 is 5.69 Å². The summed E-state index contributed by atoms with van der Waals surface area (Å²) in [5, 5.41) is 1.90. The lowest BCUT2D eigenvalue weighted by Crippen LogP contribution is -2.41. The minimum Gasteiger partial charge on any atom is -0.292 e. The van der Waals surface area contributed by atoms with Crippen LogP contribution in [0, 0.1) is 0 Å². The molecule has 0 bridgehead atoms. The number of aryl methyl sites for hydroxylation is 2. The monoisotopic (exact) mass is 431 g/mol. The van der Waals surface area contributed by atoms with Gasteiger partial charge in [-0.05, 0) is 66.5 Å². The third-order valence-corrected chi connectivity index (χ3v) is 6.71. The predicted molar refractivity (Wildman–Crippen MR) is 121 cm³/mol. The van der Waals surface area contributed by atoms with Crippen LogP contribution in [0.3, 0.4) is 0 Å². The summed E-state index contributed by atoms with van der Waals surface area (Å²) in [7, 11) is 0. The number of pyridine rings is 1. The number of carbonyl (C=O) groups is 1. The molecule has 1 aliphatic carbocycles. The van der Waals surface area contributed by atoms with Gasteiger partial charge in [0, 0.05) is 16.6 Å². The van der Waals surface area contributed by atoms with Gasteiger partial charge in [-0.1, -0.05) is 18.2 Å². The Labute approximate surface area is 182 Å². The first-order chi connectivity index (χ1) is 15.1. The number of hydrogen-bond acceptors (Lipinski definition) is 5. The molecular formula is C24H21N3O3S. The molecule has 4 aromatic rings. The molecule has 1 aliphatic rings. The van der Waals surface area contributed by atoms with Gasteiger partial charge < -0.3 is 0 Å². The largest absolute Gasteiger partial charge is 0.332 e. The number of nitrogens with zero attached hydrogens (tertiary/aromatic N) is 3. The normalized spacial score (nSPS) is 13.3. The van der Waals surface area contributed by atoms with Crippen LogP contribution in [0.5, 0.6) is 0 Å². The van der Waals surface area contributed by atoms with Crippen LogP contribution in [-0.2, 0) is 25.9 Å². The first-order valence-corrected chi connectivity index (χ1v) is 11.3. The molecule has 0 fully saturated rings. The van der Waals surface area contributed by atoms with Crippen molar-refractivity contribution in [2.75, 3.05) is 0 Å². The topological polar surface area (TPSA) is 74.0 Å². The van der Waals surface area contributed by atoms with Crippen molar-refractivity contribution in [3.8, 4) is 0 Å². The summed E-state index contributed by atoms with van der Waals surface area (Å²) in [5.41, 5.74) is 2.76. The first-order valence-electron chi connectivity index (χ1n) is 10.4. The van der Waals surface area contributed by atoms with Crippen LogP contribution < -0.4 is 11.2 Å². The number of rotatable bonds is 5. The lowest BCUT2D eigenvalue weighted by molar-refractivity contribution is 0.0971. The highest BCUT2D eigenvalue weighted by Gasteiger charge is 2.18. The van der Waals surface area contributed by atoms with Crippen molar-refractivity contribution in [3.63, 3.8) is 0 Å². The zero-order valence-electron chi connectivity index (χ0n) is 16.9. The van der Waals surface area contributed by atoms with E-state index in [4.69, 9.17) is 0 Å². The summed E-state index contributed by atoms with van der Waals surface area (Å²) in [5.74, 6) is -0.151. The van der Waals surface area contributed by atoms with Crippen LogP contribution >= 0.6 is 11.3 Å². The molecule has 1 aromatic carbocycles. The zero-order valence-corrected chi connectivity index (χ0v) is 17.7. The quantitative estimate of drug-likeness (QED) is 0.454. The minimum atomic E-state index is -0.495. The maximum absolute atomic E-state index is 13.3. The number of benzene rings is 1. The lowest BCUT2D eigenvalue weighted by atomic mass is 9.90. The van der Waals surface area contributed by atoms with E-state index in [2.05, 4.69) is 4.98 Å². The van der Waals surface area contributed by atoms with Crippen molar-refractivity contribution >= 4 is 28.2 Å². The number of Topliss-reactive ketones (excluding diaryl/α,β-unsaturated/α-hetero) is 1. The van der Waals surface area contributed by atoms with Gasteiger partial charge in [0.1, 0.15) is 0 Å². The first kappa shape index (κ1) is 19.6. The smallest absolute Gasteiger partial charge is 0.292 e. The molecule has 156 valence electrons. The molecule has 0 N–H and O–H groups in total. The molecule has 0 saturated carbocycles.